The van der Waals surface area contributed by atoms with Gasteiger partial charge in [0.2, 0.25) is 11.8 Å². The summed E-state index contributed by atoms with van der Waals surface area (Å²) in [5.41, 5.74) is 8.39. The predicted molar refractivity (Wildman–Crippen MR) is 324 cm³/mol. The molecule has 5 aromatic rings. The minimum atomic E-state index is -1.40. The third kappa shape index (κ3) is 14.8. The van der Waals surface area contributed by atoms with Gasteiger partial charge in [-0.2, -0.15) is 0 Å². The van der Waals surface area contributed by atoms with Crippen molar-refractivity contribution in [3.8, 4) is 51.2 Å². The first-order chi connectivity index (χ1) is 42.6. The number of aliphatic carboxylic acids is 2. The van der Waals surface area contributed by atoms with E-state index in [9.17, 15) is 73.8 Å². The van der Waals surface area contributed by atoms with E-state index in [2.05, 4.69) is 26.6 Å². The number of phenolic OH excluding ortho intramolecular Hbond substituents is 3. The van der Waals surface area contributed by atoms with Crippen LogP contribution in [0.2, 0.25) is 0 Å². The third-order valence-electron chi connectivity index (χ3n) is 15.0. The summed E-state index contributed by atoms with van der Waals surface area (Å²) in [5, 5.41) is 81.7. The second-order valence-corrected chi connectivity index (χ2v) is 24.1. The van der Waals surface area contributed by atoms with Gasteiger partial charge in [-0.3, -0.25) is 33.8 Å². The molecule has 2 saturated heterocycles. The summed E-state index contributed by atoms with van der Waals surface area (Å²) >= 11 is 6.72. The summed E-state index contributed by atoms with van der Waals surface area (Å²) < 4.78 is 17.8. The zero-order valence-corrected chi connectivity index (χ0v) is 70.8. The molecule has 5 aromatic carbocycles. The van der Waals surface area contributed by atoms with Gasteiger partial charge in [-0.25, -0.2) is 19.2 Å². The molecule has 13 rings (SSSR count). The Morgan fingerprint density at radius 2 is 1.15 bits per heavy atom. The number of alkyl halides is 1. The number of ether oxygens (including phenoxy) is 2. The molecule has 1 aliphatic carbocycles. The minimum absolute atomic E-state index is 0. The number of hydrogen-bond acceptors (Lipinski definition) is 21. The van der Waals surface area contributed by atoms with E-state index in [-0.39, 0.29) is 261 Å². The number of carbonyl (C=O) groups excluding carboxylic acids is 5. The number of fused-ring (bicyclic) bond motifs is 10. The average molecular weight is 2240 g/mol. The van der Waals surface area contributed by atoms with E-state index >= 15 is 0 Å². The Kier molecular flexibility index (Phi) is 26.2. The van der Waals surface area contributed by atoms with Crippen LogP contribution in [0.3, 0.4) is 0 Å². The number of benzene rings is 6. The van der Waals surface area contributed by atoms with Crippen LogP contribution in [0.25, 0.3) is 33.4 Å². The fraction of sp³-hybridized carbons (Fsp3) is 0.183. The molecule has 4 unspecified atom stereocenters. The zero-order chi connectivity index (χ0) is 63.5. The number of aliphatic hydroxyl groups excluding tert-OH is 2. The van der Waals surface area contributed by atoms with Gasteiger partial charge in [0.1, 0.15) is 74.3 Å². The van der Waals surface area contributed by atoms with Crippen molar-refractivity contribution in [1.82, 2.24) is 20.4 Å². The van der Waals surface area contributed by atoms with E-state index in [4.69, 9.17) is 29.8 Å². The summed E-state index contributed by atoms with van der Waals surface area (Å²) in [4.78, 5) is 111. The molecule has 0 bridgehead atoms. The number of aliphatic hydroxyl groups is 2. The summed E-state index contributed by atoms with van der Waals surface area (Å²) in [5.74, 6) is -4.88. The van der Waals surface area contributed by atoms with Gasteiger partial charge < -0.3 is 71.1 Å². The Morgan fingerprint density at radius 3 is 1.69 bits per heavy atom. The molecule has 4 radical (unpaired) electrons. The van der Waals surface area contributed by atoms with Crippen LogP contribution in [-0.2, 0) is 39.1 Å². The minimum Gasteiger partial charge on any atom is -0.508 e. The number of nitrogen functional groups attached to an aromatic ring is 1. The van der Waals surface area contributed by atoms with E-state index in [1.165, 1.54) is 78.1 Å². The molecular formula is C60H46Ac4BrN5O20S3. The van der Waals surface area contributed by atoms with Gasteiger partial charge >= 0.3 is 23.9 Å². The Hall–Kier alpha value is -3.75. The first kappa shape index (κ1) is 76.6. The Balaban J connectivity index is 0.000000213. The molecule has 2 fully saturated rings. The number of phenols is 3. The Bertz CT molecular complexity index is 4300. The van der Waals surface area contributed by atoms with Crippen molar-refractivity contribution in [1.29, 1.82) is 0 Å². The monoisotopic (exact) mass is 2240 g/mol. The quantitative estimate of drug-likeness (QED) is 0.0188. The number of carboxylic acids is 3. The number of aromatic carboxylic acids is 1. The van der Waals surface area contributed by atoms with Gasteiger partial charge in [0.25, 0.3) is 11.8 Å². The molecule has 0 saturated carbocycles. The van der Waals surface area contributed by atoms with Crippen molar-refractivity contribution in [2.45, 2.75) is 33.3 Å². The Labute approximate surface area is 690 Å². The molecule has 33 heteroatoms. The normalized spacial score (nSPS) is 18.1. The number of nitrogens with two attached hydrogens (primary N) is 1. The second-order valence-electron chi connectivity index (χ2n) is 20.3. The third-order valence-corrected chi connectivity index (χ3v) is 19.2. The van der Waals surface area contributed by atoms with Gasteiger partial charge in [0.05, 0.1) is 35.4 Å². The van der Waals surface area contributed by atoms with Crippen molar-refractivity contribution in [2.24, 2.45) is 0 Å². The van der Waals surface area contributed by atoms with Crippen molar-refractivity contribution in [3.05, 3.63) is 170 Å². The fourth-order valence-corrected chi connectivity index (χ4v) is 14.6. The number of nitrogens with one attached hydrogen (secondary N) is 2. The number of hydrogen-bond donors (Lipinski definition) is 11. The molecule has 1 spiro atoms. The topological polar surface area (TPSA) is 404 Å². The number of carboxylic acid groups (broad SMARTS) is 3. The number of nitrogens with zero attached hydrogens (tertiary/aromatic N) is 2. The summed E-state index contributed by atoms with van der Waals surface area (Å²) in [7, 11) is 0. The number of aromatic hydroxyl groups is 3. The molecule has 7 heterocycles. The van der Waals surface area contributed by atoms with E-state index < -0.39 is 83.2 Å². The number of rotatable bonds is 12. The predicted octanol–water partition coefficient (Wildman–Crippen LogP) is 5.15. The number of thioether (sulfide) groups is 3. The van der Waals surface area contributed by atoms with Crippen molar-refractivity contribution in [3.63, 3.8) is 0 Å². The summed E-state index contributed by atoms with van der Waals surface area (Å²) in [6, 6.07) is 26.0. The van der Waals surface area contributed by atoms with Crippen LogP contribution in [0.4, 0.5) is 5.69 Å². The molecule has 7 aliphatic heterocycles. The van der Waals surface area contributed by atoms with Crippen LogP contribution < -0.4 is 26.5 Å². The zero-order valence-electron chi connectivity index (χ0n) is 47.8. The van der Waals surface area contributed by atoms with Crippen LogP contribution in [0.15, 0.2) is 146 Å². The Morgan fingerprint density at radius 1 is 0.624 bits per heavy atom. The summed E-state index contributed by atoms with van der Waals surface area (Å²) in [6.07, 6.45) is 0. The number of carbonyl (C=O) groups is 8. The van der Waals surface area contributed by atoms with Gasteiger partial charge in [-0.15, -0.1) is 35.3 Å². The fourth-order valence-electron chi connectivity index (χ4n) is 11.1. The van der Waals surface area contributed by atoms with Crippen molar-refractivity contribution in [2.75, 3.05) is 41.5 Å². The first-order valence-corrected chi connectivity index (χ1v) is 30.6. The maximum atomic E-state index is 13.3. The maximum Gasteiger partial charge on any atom is 0.352 e. The molecule has 12 N–H and O–H groups in total. The summed E-state index contributed by atoms with van der Waals surface area (Å²) in [6.45, 7) is -0.877. The van der Waals surface area contributed by atoms with Gasteiger partial charge in [-0.1, -0.05) is 28.1 Å². The molecule has 468 valence electrons. The van der Waals surface area contributed by atoms with E-state index in [0.29, 0.717) is 72.0 Å². The average Bonchev–Trinajstić information content (AvgIpc) is 1.64. The molecule has 0 aromatic heterocycles. The van der Waals surface area contributed by atoms with Crippen LogP contribution >= 0.6 is 51.2 Å². The smallest absolute Gasteiger partial charge is 0.352 e. The molecule has 93 heavy (non-hydrogen) atoms. The number of amides is 4. The maximum absolute atomic E-state index is 13.3. The van der Waals surface area contributed by atoms with Crippen molar-refractivity contribution >= 4 is 115 Å². The van der Waals surface area contributed by atoms with Crippen LogP contribution in [0.1, 0.15) is 37.4 Å². The number of β-lactam (4-membered cyclic amide) rings is 2. The van der Waals surface area contributed by atoms with Gasteiger partial charge in [0, 0.05) is 256 Å². The number of esters is 1. The molecule has 8 aliphatic rings. The SMILES string of the molecule is Nc1ccc(-c2c3ccc(=O)cc-3oc3cc(O)ccc23)c(C(=O)O)c1.O=C(CBr)NC1C(=O)N2C(C(=O)O)=C(CO)CSC12.O=C(CSc1ccc2c(c1)C(=O)OC21c2ccc(O)cc2Oc2cc(O)ccc21)NC1C(=O)N2C(C(=O)O)=C(CO)CSC12.[Ac].[Ac].[Ac].[Ac]. The van der Waals surface area contributed by atoms with Crippen LogP contribution in [0, 0.1) is 176 Å². The second kappa shape index (κ2) is 31.8. The van der Waals surface area contributed by atoms with Gasteiger partial charge in [0.15, 0.2) is 11.0 Å². The number of anilines is 1. The van der Waals surface area contributed by atoms with Crippen molar-refractivity contribution < 1.29 is 269 Å². The van der Waals surface area contributed by atoms with Crippen LogP contribution in [0.5, 0.6) is 28.7 Å². The molecular weight excluding hydrogens is 2190 g/mol. The van der Waals surface area contributed by atoms with E-state index in [1.807, 2.05) is 0 Å². The first-order valence-electron chi connectivity index (χ1n) is 26.4. The van der Waals surface area contributed by atoms with Crippen LogP contribution in [-0.4, -0.2) is 157 Å². The number of halogens is 1. The standard InChI is InChI=1S/C30H22N2O10S2.C20H13NO5.C10H11BrN2O5S.4Ac/c33-10-13-11-44-27-24(26(37)32(27)25(13)28(38)39)31-23(36)12-43-16-3-6-18-17(9-16)29(40)42-30(18)19-4-1-14(34)7-21(19)41-22-8-15(35)2-5-20(22)30;21-10-1-4-13(16(7-10)20(24)25)19-14-5-2-11(22)8-17(14)26-18-9-12(23)3-6-15(18)19;11-1-5(15)12-6-8(16)13-7(10(17)18)4(2-14)3-19-9(6)13;;;;/h1-9,24,27,33-35H,10-12H2,(H,31,36)(H,38,39);1-9,22H,21H2,(H,24,25);6,9,14H,1-3H2,(H,12,15)(H,17,18);;;;. The van der Waals surface area contributed by atoms with Gasteiger partial charge in [-0.05, 0) is 89.5 Å². The largest absolute Gasteiger partial charge is 0.508 e. The molecule has 4 atom stereocenters. The molecule has 25 nitrogen and oxygen atoms in total. The van der Waals surface area contributed by atoms with E-state index in [0.717, 1.165) is 21.6 Å². The molecule has 4 amide bonds. The van der Waals surface area contributed by atoms with E-state index in [1.54, 1.807) is 54.6 Å².